The SMILES string of the molecule is CN(CCCNS(=O)(=O)c1ccc(F)cc1Cl)c1ccccc1. The molecule has 2 aromatic carbocycles. The van der Waals surface area contributed by atoms with Crippen LogP contribution in [0.2, 0.25) is 5.02 Å². The van der Waals surface area contributed by atoms with Gasteiger partial charge in [0, 0.05) is 25.8 Å². The standard InChI is InChI=1S/C16H18ClFN2O2S/c1-20(14-6-3-2-4-7-14)11-5-10-19-23(21,22)16-9-8-13(18)12-15(16)17/h2-4,6-9,12,19H,5,10-11H2,1H3. The third kappa shape index (κ3) is 4.92. The van der Waals surface area contributed by atoms with E-state index in [9.17, 15) is 12.8 Å². The molecule has 0 unspecified atom stereocenters. The monoisotopic (exact) mass is 356 g/mol. The van der Waals surface area contributed by atoms with Crippen LogP contribution in [0.25, 0.3) is 0 Å². The third-order valence-corrected chi connectivity index (χ3v) is 5.29. The number of nitrogens with zero attached hydrogens (tertiary/aromatic N) is 1. The van der Waals surface area contributed by atoms with Crippen molar-refractivity contribution in [1.82, 2.24) is 4.72 Å². The normalized spacial score (nSPS) is 11.4. The first-order chi connectivity index (χ1) is 10.9. The maximum absolute atomic E-state index is 13.0. The van der Waals surface area contributed by atoms with Gasteiger partial charge < -0.3 is 4.90 Å². The van der Waals surface area contributed by atoms with Gasteiger partial charge in [-0.2, -0.15) is 0 Å². The van der Waals surface area contributed by atoms with Gasteiger partial charge in [-0.15, -0.1) is 0 Å². The van der Waals surface area contributed by atoms with Crippen LogP contribution in [-0.2, 0) is 10.0 Å². The largest absolute Gasteiger partial charge is 0.375 e. The van der Waals surface area contributed by atoms with E-state index in [0.717, 1.165) is 23.9 Å². The molecule has 0 saturated heterocycles. The smallest absolute Gasteiger partial charge is 0.242 e. The molecule has 0 spiro atoms. The minimum Gasteiger partial charge on any atom is -0.375 e. The summed E-state index contributed by atoms with van der Waals surface area (Å²) in [5, 5.41) is -0.126. The van der Waals surface area contributed by atoms with E-state index >= 15 is 0 Å². The number of benzene rings is 2. The van der Waals surface area contributed by atoms with Crippen molar-refractivity contribution in [3.63, 3.8) is 0 Å². The summed E-state index contributed by atoms with van der Waals surface area (Å²) in [5.74, 6) is -0.571. The van der Waals surface area contributed by atoms with E-state index in [1.54, 1.807) is 0 Å². The summed E-state index contributed by atoms with van der Waals surface area (Å²) < 4.78 is 39.8. The number of hydrogen-bond donors (Lipinski definition) is 1. The number of anilines is 1. The van der Waals surface area contributed by atoms with Gasteiger partial charge in [0.25, 0.3) is 0 Å². The van der Waals surface area contributed by atoms with E-state index in [4.69, 9.17) is 11.6 Å². The van der Waals surface area contributed by atoms with Crippen molar-refractivity contribution in [3.8, 4) is 0 Å². The number of rotatable bonds is 7. The molecule has 0 saturated carbocycles. The minimum atomic E-state index is -3.74. The summed E-state index contributed by atoms with van der Waals surface area (Å²) >= 11 is 5.79. The fraction of sp³-hybridized carbons (Fsp3) is 0.250. The first kappa shape index (κ1) is 17.7. The predicted molar refractivity (Wildman–Crippen MR) is 90.9 cm³/mol. The van der Waals surface area contributed by atoms with E-state index in [1.807, 2.05) is 42.3 Å². The second kappa shape index (κ2) is 7.77. The fourth-order valence-corrected chi connectivity index (χ4v) is 3.71. The Balaban J connectivity index is 1.88. The molecule has 124 valence electrons. The lowest BCUT2D eigenvalue weighted by Crippen LogP contribution is -2.28. The van der Waals surface area contributed by atoms with Gasteiger partial charge in [0.15, 0.2) is 0 Å². The van der Waals surface area contributed by atoms with Gasteiger partial charge in [0.1, 0.15) is 10.7 Å². The molecule has 0 fully saturated rings. The van der Waals surface area contributed by atoms with Crippen molar-refractivity contribution in [2.24, 2.45) is 0 Å². The van der Waals surface area contributed by atoms with Crippen molar-refractivity contribution >= 4 is 27.3 Å². The molecule has 0 bridgehead atoms. The summed E-state index contributed by atoms with van der Waals surface area (Å²) in [5.41, 5.74) is 1.07. The molecule has 0 atom stereocenters. The van der Waals surface area contributed by atoms with E-state index < -0.39 is 15.8 Å². The van der Waals surface area contributed by atoms with Gasteiger partial charge >= 0.3 is 0 Å². The van der Waals surface area contributed by atoms with E-state index in [1.165, 1.54) is 0 Å². The van der Waals surface area contributed by atoms with Crippen molar-refractivity contribution in [3.05, 3.63) is 59.4 Å². The first-order valence-corrected chi connectivity index (χ1v) is 8.97. The Kier molecular flexibility index (Phi) is 5.98. The Bertz CT molecular complexity index is 754. The second-order valence-corrected chi connectivity index (χ2v) is 7.23. The Morgan fingerprint density at radius 1 is 1.17 bits per heavy atom. The molecule has 1 N–H and O–H groups in total. The van der Waals surface area contributed by atoms with Gasteiger partial charge in [-0.25, -0.2) is 17.5 Å². The van der Waals surface area contributed by atoms with Crippen LogP contribution < -0.4 is 9.62 Å². The Labute approximate surface area is 140 Å². The first-order valence-electron chi connectivity index (χ1n) is 7.11. The molecule has 4 nitrogen and oxygen atoms in total. The molecule has 0 heterocycles. The van der Waals surface area contributed by atoms with Gasteiger partial charge in [0.2, 0.25) is 10.0 Å². The molecule has 0 radical (unpaired) electrons. The maximum atomic E-state index is 13.0. The second-order valence-electron chi connectivity index (χ2n) is 5.08. The molecule has 7 heteroatoms. The number of halogens is 2. The lowest BCUT2D eigenvalue weighted by Gasteiger charge is -2.19. The van der Waals surface area contributed by atoms with Crippen molar-refractivity contribution in [2.75, 3.05) is 25.0 Å². The predicted octanol–water partition coefficient (Wildman–Crippen LogP) is 3.28. The highest BCUT2D eigenvalue weighted by atomic mass is 35.5. The third-order valence-electron chi connectivity index (χ3n) is 3.34. The number of sulfonamides is 1. The summed E-state index contributed by atoms with van der Waals surface area (Å²) in [7, 11) is -1.79. The van der Waals surface area contributed by atoms with Gasteiger partial charge in [-0.05, 0) is 36.8 Å². The molecule has 0 aliphatic rings. The highest BCUT2D eigenvalue weighted by molar-refractivity contribution is 7.89. The van der Waals surface area contributed by atoms with Crippen LogP contribution in [0, 0.1) is 5.82 Å². The fourth-order valence-electron chi connectivity index (χ4n) is 2.11. The lowest BCUT2D eigenvalue weighted by molar-refractivity contribution is 0.578. The molecule has 0 aliphatic heterocycles. The minimum absolute atomic E-state index is 0.114. The van der Waals surface area contributed by atoms with E-state index in [-0.39, 0.29) is 16.5 Å². The Morgan fingerprint density at radius 2 is 1.87 bits per heavy atom. The average Bonchev–Trinajstić information content (AvgIpc) is 2.52. The van der Waals surface area contributed by atoms with E-state index in [0.29, 0.717) is 13.0 Å². The van der Waals surface area contributed by atoms with Crippen LogP contribution in [0.4, 0.5) is 10.1 Å². The van der Waals surface area contributed by atoms with Crippen LogP contribution in [0.5, 0.6) is 0 Å². The summed E-state index contributed by atoms with van der Waals surface area (Å²) in [6, 6.07) is 13.0. The van der Waals surface area contributed by atoms with Crippen molar-refractivity contribution < 1.29 is 12.8 Å². The average molecular weight is 357 g/mol. The molecule has 23 heavy (non-hydrogen) atoms. The summed E-state index contributed by atoms with van der Waals surface area (Å²) in [6.07, 6.45) is 0.628. The van der Waals surface area contributed by atoms with Crippen LogP contribution in [0.15, 0.2) is 53.4 Å². The zero-order valence-electron chi connectivity index (χ0n) is 12.7. The van der Waals surface area contributed by atoms with Gasteiger partial charge in [0.05, 0.1) is 5.02 Å². The highest BCUT2D eigenvalue weighted by Gasteiger charge is 2.17. The molecule has 2 rings (SSSR count). The summed E-state index contributed by atoms with van der Waals surface area (Å²) in [4.78, 5) is 1.93. The number of nitrogens with one attached hydrogen (secondary N) is 1. The quantitative estimate of drug-likeness (QED) is 0.774. The molecular formula is C16H18ClFN2O2S. The maximum Gasteiger partial charge on any atom is 0.242 e. The van der Waals surface area contributed by atoms with Crippen LogP contribution in [0.1, 0.15) is 6.42 Å². The summed E-state index contributed by atoms with van der Waals surface area (Å²) in [6.45, 7) is 0.969. The number of para-hydroxylation sites is 1. The van der Waals surface area contributed by atoms with E-state index in [2.05, 4.69) is 4.72 Å². The molecule has 0 aliphatic carbocycles. The Hall–Kier alpha value is -1.63. The van der Waals surface area contributed by atoms with Crippen LogP contribution in [-0.4, -0.2) is 28.6 Å². The van der Waals surface area contributed by atoms with Crippen molar-refractivity contribution in [1.29, 1.82) is 0 Å². The topological polar surface area (TPSA) is 49.4 Å². The number of hydrogen-bond acceptors (Lipinski definition) is 3. The molecule has 0 amide bonds. The Morgan fingerprint density at radius 3 is 2.52 bits per heavy atom. The lowest BCUT2D eigenvalue weighted by atomic mass is 10.3. The molecule has 0 aromatic heterocycles. The van der Waals surface area contributed by atoms with Gasteiger partial charge in [-0.3, -0.25) is 0 Å². The van der Waals surface area contributed by atoms with Crippen LogP contribution in [0.3, 0.4) is 0 Å². The zero-order chi connectivity index (χ0) is 16.9. The highest BCUT2D eigenvalue weighted by Crippen LogP contribution is 2.21. The molecule has 2 aromatic rings. The van der Waals surface area contributed by atoms with Crippen molar-refractivity contribution in [2.45, 2.75) is 11.3 Å². The van der Waals surface area contributed by atoms with Gasteiger partial charge in [-0.1, -0.05) is 29.8 Å². The molecular weight excluding hydrogens is 339 g/mol. The van der Waals surface area contributed by atoms with Crippen LogP contribution >= 0.6 is 11.6 Å². The zero-order valence-corrected chi connectivity index (χ0v) is 14.2.